The van der Waals surface area contributed by atoms with Gasteiger partial charge in [-0.3, -0.25) is 28.2 Å². The number of allylic oxidation sites excluding steroid dienone is 2. The molecule has 19 atom stereocenters. The van der Waals surface area contributed by atoms with Crippen molar-refractivity contribution in [3.05, 3.63) is 12.2 Å². The van der Waals surface area contributed by atoms with Crippen LogP contribution in [0.25, 0.3) is 0 Å². The molecular formula is C90H167O25P. The van der Waals surface area contributed by atoms with E-state index in [9.17, 15) is 74.6 Å². The molecule has 3 rings (SSSR count). The number of hydrogen-bond donors (Lipinski definition) is 10. The molecule has 10 N–H and O–H groups in total. The van der Waals surface area contributed by atoms with Gasteiger partial charge in [0.25, 0.3) is 0 Å². The van der Waals surface area contributed by atoms with E-state index < -0.39 is 162 Å². The number of carbonyl (C=O) groups excluding carboxylic acids is 4. The molecule has 1 saturated carbocycles. The summed E-state index contributed by atoms with van der Waals surface area (Å²) in [4.78, 5) is 66.4. The molecule has 682 valence electrons. The largest absolute Gasteiger partial charge is 0.472 e. The maximum Gasteiger partial charge on any atom is 0.472 e. The van der Waals surface area contributed by atoms with Gasteiger partial charge in [0, 0.05) is 25.7 Å². The average molecular weight is 1680 g/mol. The highest BCUT2D eigenvalue weighted by atomic mass is 31.2. The summed E-state index contributed by atoms with van der Waals surface area (Å²) >= 11 is 0. The van der Waals surface area contributed by atoms with Crippen LogP contribution in [0.2, 0.25) is 0 Å². The zero-order valence-corrected chi connectivity index (χ0v) is 73.6. The lowest BCUT2D eigenvalue weighted by molar-refractivity contribution is -0.360. The highest BCUT2D eigenvalue weighted by Crippen LogP contribution is 2.49. The molecule has 19 unspecified atom stereocenters. The van der Waals surface area contributed by atoms with E-state index in [1.807, 2.05) is 0 Å². The number of rotatable bonds is 75. The van der Waals surface area contributed by atoms with Crippen molar-refractivity contribution < 1.29 is 122 Å². The molecule has 3 aliphatic rings. The zero-order valence-electron chi connectivity index (χ0n) is 72.7. The monoisotopic (exact) mass is 1680 g/mol. The van der Waals surface area contributed by atoms with Crippen LogP contribution >= 0.6 is 7.82 Å². The average Bonchev–Trinajstić information content (AvgIpc) is 0.746. The predicted octanol–water partition coefficient (Wildman–Crippen LogP) is 17.0. The molecule has 2 saturated heterocycles. The molecule has 26 heteroatoms. The molecule has 0 radical (unpaired) electrons. The van der Waals surface area contributed by atoms with Crippen molar-refractivity contribution >= 4 is 31.7 Å². The SMILES string of the molecule is CCCCCCCC/C=C\CCCCCC(=O)OCC(COP(=O)(O)OC1C(OC2OC(CO)C(O)C(O)C2O)C(O)C(O)C(OC(=O)CCCCCCCCCCCCCCCCC)C1OC1OC(COC(=O)CCCCCCCCCCCCCCC)C(O)C(O)C1O)OC(=O)CCCCCCCCC(C)CCCCCCCC. The first-order valence-electron chi connectivity index (χ1n) is 46.8. The Hall–Kier alpha value is -2.79. The zero-order chi connectivity index (χ0) is 84.8. The Morgan fingerprint density at radius 1 is 0.362 bits per heavy atom. The van der Waals surface area contributed by atoms with Crippen molar-refractivity contribution in [3.63, 3.8) is 0 Å². The molecule has 0 aromatic carbocycles. The molecule has 0 amide bonds. The molecule has 0 aromatic heterocycles. The van der Waals surface area contributed by atoms with E-state index in [4.69, 9.17) is 46.9 Å². The van der Waals surface area contributed by atoms with Crippen LogP contribution in [-0.2, 0) is 70.7 Å². The van der Waals surface area contributed by atoms with Gasteiger partial charge in [0.05, 0.1) is 13.2 Å². The summed E-state index contributed by atoms with van der Waals surface area (Å²) in [6, 6.07) is 0. The summed E-state index contributed by atoms with van der Waals surface area (Å²) in [5, 5.41) is 102. The summed E-state index contributed by atoms with van der Waals surface area (Å²) in [6.07, 6.45) is 25.0. The van der Waals surface area contributed by atoms with Gasteiger partial charge in [0.2, 0.25) is 0 Å². The van der Waals surface area contributed by atoms with E-state index in [1.165, 1.54) is 180 Å². The van der Waals surface area contributed by atoms with Crippen molar-refractivity contribution in [1.82, 2.24) is 0 Å². The number of phosphoric ester groups is 1. The standard InChI is InChI=1S/C90H167O25P/c1-6-10-14-18-22-25-28-31-32-35-38-41-44-51-58-64-76(95)112-85-81(100)82(101)86(113-89-83(102)79(98)77(96)71(65-91)110-89)88(87(85)114-90-84(103)80(99)78(97)72(111-90)68-107-74(93)62-56-50-43-40-37-34-30-27-24-20-16-12-8-3)115-116(104,105)108-67-70(66-106-73(92)61-55-49-42-39-36-33-29-26-23-19-15-11-7-2)109-75(94)63-57-52-46-45-48-54-60-69(5)59-53-47-21-17-13-9-4/h33,36,69-72,77-91,96-103H,6-32,34-35,37-68H2,1-5H3,(H,104,105)/b36-33-. The summed E-state index contributed by atoms with van der Waals surface area (Å²) in [5.74, 6) is -2.30. The second-order valence-electron chi connectivity index (χ2n) is 33.8. The fourth-order valence-corrected chi connectivity index (χ4v) is 16.6. The van der Waals surface area contributed by atoms with Crippen LogP contribution in [-0.4, -0.2) is 205 Å². The molecule has 0 bridgehead atoms. The Morgan fingerprint density at radius 3 is 1.12 bits per heavy atom. The van der Waals surface area contributed by atoms with Crippen molar-refractivity contribution in [2.75, 3.05) is 26.4 Å². The Labute approximate surface area is 699 Å². The number of ether oxygens (including phenoxy) is 8. The van der Waals surface area contributed by atoms with Crippen LogP contribution in [0.1, 0.15) is 401 Å². The number of esters is 4. The number of aliphatic hydroxyl groups excluding tert-OH is 9. The quantitative estimate of drug-likeness (QED) is 0.00889. The third-order valence-electron chi connectivity index (χ3n) is 23.2. The Morgan fingerprint density at radius 2 is 0.698 bits per heavy atom. The molecule has 25 nitrogen and oxygen atoms in total. The van der Waals surface area contributed by atoms with Gasteiger partial charge >= 0.3 is 31.7 Å². The van der Waals surface area contributed by atoms with Crippen molar-refractivity contribution in [1.29, 1.82) is 0 Å². The lowest BCUT2D eigenvalue weighted by Gasteiger charge is -2.50. The molecule has 0 spiro atoms. The van der Waals surface area contributed by atoms with E-state index in [-0.39, 0.29) is 25.7 Å². The van der Waals surface area contributed by atoms with Gasteiger partial charge in [0.15, 0.2) is 24.8 Å². The van der Waals surface area contributed by atoms with Crippen LogP contribution in [0.4, 0.5) is 0 Å². The van der Waals surface area contributed by atoms with Gasteiger partial charge in [-0.1, -0.05) is 336 Å². The fraction of sp³-hybridized carbons (Fsp3) is 0.933. The Balaban J connectivity index is 1.93. The highest BCUT2D eigenvalue weighted by molar-refractivity contribution is 7.47. The second kappa shape index (κ2) is 68.6. The van der Waals surface area contributed by atoms with Gasteiger partial charge in [-0.25, -0.2) is 4.57 Å². The van der Waals surface area contributed by atoms with Gasteiger partial charge in [-0.15, -0.1) is 0 Å². The fourth-order valence-electron chi connectivity index (χ4n) is 15.6. The third-order valence-corrected chi connectivity index (χ3v) is 24.2. The van der Waals surface area contributed by atoms with E-state index in [2.05, 4.69) is 46.8 Å². The molecule has 2 aliphatic heterocycles. The van der Waals surface area contributed by atoms with Gasteiger partial charge in [-0.2, -0.15) is 0 Å². The lowest BCUT2D eigenvalue weighted by Crippen LogP contribution is -2.70. The first-order chi connectivity index (χ1) is 56.1. The Kier molecular flexibility index (Phi) is 63.5. The summed E-state index contributed by atoms with van der Waals surface area (Å²) in [5.41, 5.74) is 0. The number of hydrogen-bond acceptors (Lipinski definition) is 24. The van der Waals surface area contributed by atoms with Gasteiger partial charge in [0.1, 0.15) is 92.6 Å². The topological polar surface area (TPSA) is 380 Å². The maximum absolute atomic E-state index is 14.9. The third kappa shape index (κ3) is 48.9. The van der Waals surface area contributed by atoms with Crippen molar-refractivity contribution in [2.45, 2.75) is 505 Å². The Bertz CT molecular complexity index is 2480. The molecule has 2 heterocycles. The van der Waals surface area contributed by atoms with Crippen molar-refractivity contribution in [2.24, 2.45) is 5.92 Å². The first kappa shape index (κ1) is 107. The highest BCUT2D eigenvalue weighted by Gasteiger charge is 2.60. The first-order valence-corrected chi connectivity index (χ1v) is 48.3. The van der Waals surface area contributed by atoms with Gasteiger partial charge < -0.3 is 88.7 Å². The second-order valence-corrected chi connectivity index (χ2v) is 35.2. The van der Waals surface area contributed by atoms with E-state index in [0.29, 0.717) is 38.0 Å². The molecule has 1 aliphatic carbocycles. The normalized spacial score (nSPS) is 25.4. The van der Waals surface area contributed by atoms with Crippen LogP contribution in [0, 0.1) is 5.92 Å². The smallest absolute Gasteiger partial charge is 0.463 e. The molecule has 0 aromatic rings. The molecular weight excluding hydrogens is 1510 g/mol. The minimum absolute atomic E-state index is 0.0156. The van der Waals surface area contributed by atoms with E-state index >= 15 is 0 Å². The molecule has 3 fully saturated rings. The minimum atomic E-state index is -5.81. The maximum atomic E-state index is 14.9. The molecule has 116 heavy (non-hydrogen) atoms. The lowest BCUT2D eigenvalue weighted by atomic mass is 9.84. The minimum Gasteiger partial charge on any atom is -0.463 e. The summed E-state index contributed by atoms with van der Waals surface area (Å²) in [7, 11) is -5.81. The van der Waals surface area contributed by atoms with Crippen molar-refractivity contribution in [3.8, 4) is 0 Å². The van der Waals surface area contributed by atoms with Crippen LogP contribution < -0.4 is 0 Å². The predicted molar refractivity (Wildman–Crippen MR) is 449 cm³/mol. The summed E-state index contributed by atoms with van der Waals surface area (Å²) < 4.78 is 73.4. The number of aliphatic hydroxyl groups is 9. The number of unbranched alkanes of at least 4 members (excludes halogenated alkanes) is 45. The number of carbonyl (C=O) groups is 4. The number of phosphoric acid groups is 1. The summed E-state index contributed by atoms with van der Waals surface area (Å²) in [6.45, 7) is 7.90. The van der Waals surface area contributed by atoms with E-state index in [0.717, 1.165) is 128 Å². The van der Waals surface area contributed by atoms with Crippen LogP contribution in [0.5, 0.6) is 0 Å². The van der Waals surface area contributed by atoms with Crippen LogP contribution in [0.15, 0.2) is 12.2 Å². The van der Waals surface area contributed by atoms with Gasteiger partial charge in [-0.05, 0) is 57.3 Å². The van der Waals surface area contributed by atoms with Crippen LogP contribution in [0.3, 0.4) is 0 Å². The van der Waals surface area contributed by atoms with E-state index in [1.54, 1.807) is 0 Å².